The van der Waals surface area contributed by atoms with E-state index in [-0.39, 0.29) is 16.2 Å². The van der Waals surface area contributed by atoms with Crippen molar-refractivity contribution >= 4 is 49.4 Å². The zero-order valence-electron chi connectivity index (χ0n) is 51.1. The van der Waals surface area contributed by atoms with Crippen LogP contribution < -0.4 is 4.90 Å². The maximum absolute atomic E-state index is 2.53. The SMILES string of the molecule is CC1(C)c2ccccc2-c2ccc(N(c3ccc4c(c3)C(C)(C)c3ccccc3-4)c3ccc4c(c3)C(C)(C)c3cc(-c5cc6c7ccccc7c(-c7ccc8c(c7)-c7ccccc7C8(c7ccccc7)c7ccccc7)cc6c6ccccc56)ccc3-4)cc21. The molecule has 0 N–H and O–H groups in total. The topological polar surface area (TPSA) is 3.24 Å². The Bertz CT molecular complexity index is 5200. The zero-order chi connectivity index (χ0) is 59.7. The third kappa shape index (κ3) is 7.13. The number of hydrogen-bond acceptors (Lipinski definition) is 1. The molecule has 4 aliphatic rings. The van der Waals surface area contributed by atoms with E-state index >= 15 is 0 Å². The minimum atomic E-state index is -0.450. The van der Waals surface area contributed by atoms with Crippen molar-refractivity contribution < 1.29 is 0 Å². The van der Waals surface area contributed by atoms with Gasteiger partial charge in [-0.3, -0.25) is 0 Å². The minimum Gasteiger partial charge on any atom is -0.310 e. The molecule has 4 aliphatic carbocycles. The summed E-state index contributed by atoms with van der Waals surface area (Å²) < 4.78 is 0. The highest BCUT2D eigenvalue weighted by Crippen LogP contribution is 2.59. The van der Waals surface area contributed by atoms with E-state index in [1.807, 2.05) is 0 Å². The molecule has 89 heavy (non-hydrogen) atoms. The Morgan fingerprint density at radius 2 is 0.528 bits per heavy atom. The van der Waals surface area contributed by atoms with Crippen molar-refractivity contribution in [3.05, 3.63) is 341 Å². The molecule has 0 aromatic heterocycles. The summed E-state index contributed by atoms with van der Waals surface area (Å²) in [5.41, 5.74) is 31.4. The van der Waals surface area contributed by atoms with Crippen LogP contribution in [0, 0.1) is 0 Å². The molecular weight excluding hydrogens is 1070 g/mol. The van der Waals surface area contributed by atoms with E-state index < -0.39 is 5.41 Å². The van der Waals surface area contributed by atoms with Crippen LogP contribution in [0.4, 0.5) is 17.1 Å². The second-order valence-electron chi connectivity index (χ2n) is 27.1. The van der Waals surface area contributed by atoms with Gasteiger partial charge in [0.2, 0.25) is 0 Å². The fraction of sp³-hybridized carbons (Fsp3) is 0.114. The lowest BCUT2D eigenvalue weighted by Crippen LogP contribution is -2.28. The van der Waals surface area contributed by atoms with Crippen LogP contribution in [0.15, 0.2) is 285 Å². The Kier molecular flexibility index (Phi) is 10.8. The van der Waals surface area contributed by atoms with Crippen LogP contribution in [0.3, 0.4) is 0 Å². The average molecular weight is 1140 g/mol. The number of nitrogens with zero attached hydrogens (tertiary/aromatic N) is 1. The predicted molar refractivity (Wildman–Crippen MR) is 375 cm³/mol. The summed E-state index contributed by atoms with van der Waals surface area (Å²) in [6, 6.07) is 109. The lowest BCUT2D eigenvalue weighted by atomic mass is 9.67. The van der Waals surface area contributed by atoms with Crippen molar-refractivity contribution in [1.82, 2.24) is 0 Å². The highest BCUT2D eigenvalue weighted by atomic mass is 15.1. The van der Waals surface area contributed by atoms with Crippen LogP contribution >= 0.6 is 0 Å². The summed E-state index contributed by atoms with van der Waals surface area (Å²) in [5, 5.41) is 7.56. The molecule has 0 saturated heterocycles. The van der Waals surface area contributed by atoms with E-state index in [9.17, 15) is 0 Å². The van der Waals surface area contributed by atoms with Crippen molar-refractivity contribution in [3.8, 4) is 66.8 Å². The van der Waals surface area contributed by atoms with Crippen LogP contribution in [-0.2, 0) is 21.7 Å². The van der Waals surface area contributed by atoms with E-state index in [1.165, 1.54) is 166 Å². The van der Waals surface area contributed by atoms with E-state index in [0.29, 0.717) is 0 Å². The number of fused-ring (bicyclic) bond motifs is 17. The number of hydrogen-bond donors (Lipinski definition) is 0. The third-order valence-corrected chi connectivity index (χ3v) is 21.5. The summed E-state index contributed by atoms with van der Waals surface area (Å²) in [6.07, 6.45) is 0. The van der Waals surface area contributed by atoms with Crippen LogP contribution in [0.25, 0.3) is 99.1 Å². The van der Waals surface area contributed by atoms with Crippen molar-refractivity contribution in [3.63, 3.8) is 0 Å². The van der Waals surface area contributed by atoms with Crippen molar-refractivity contribution in [2.45, 2.75) is 63.2 Å². The molecule has 422 valence electrons. The lowest BCUT2D eigenvalue weighted by molar-refractivity contribution is 0.659. The zero-order valence-corrected chi connectivity index (χ0v) is 51.1. The molecule has 0 heterocycles. The lowest BCUT2D eigenvalue weighted by Gasteiger charge is -2.33. The Hall–Kier alpha value is -10.3. The monoisotopic (exact) mass is 1140 g/mol. The van der Waals surface area contributed by atoms with Crippen LogP contribution in [0.2, 0.25) is 0 Å². The van der Waals surface area contributed by atoms with Gasteiger partial charge in [-0.15, -0.1) is 0 Å². The molecule has 0 atom stereocenters. The molecule has 0 aliphatic heterocycles. The molecule has 0 bridgehead atoms. The molecule has 0 spiro atoms. The molecule has 1 heteroatoms. The molecule has 14 aromatic rings. The smallest absolute Gasteiger partial charge is 0.0713 e. The Labute approximate surface area is 521 Å². The summed E-state index contributed by atoms with van der Waals surface area (Å²) in [4.78, 5) is 2.53. The van der Waals surface area contributed by atoms with Gasteiger partial charge in [-0.2, -0.15) is 0 Å². The largest absolute Gasteiger partial charge is 0.310 e. The Morgan fingerprint density at radius 3 is 1.00 bits per heavy atom. The molecule has 14 aromatic carbocycles. The second kappa shape index (κ2) is 18.6. The fourth-order valence-corrected chi connectivity index (χ4v) is 17.2. The van der Waals surface area contributed by atoms with Gasteiger partial charge in [0.05, 0.1) is 5.41 Å². The first kappa shape index (κ1) is 51.8. The van der Waals surface area contributed by atoms with Gasteiger partial charge in [-0.05, 0) is 215 Å². The Morgan fingerprint density at radius 1 is 0.202 bits per heavy atom. The highest BCUT2D eigenvalue weighted by Gasteiger charge is 2.46. The number of benzene rings is 14. The van der Waals surface area contributed by atoms with Crippen LogP contribution in [0.1, 0.15) is 97.2 Å². The van der Waals surface area contributed by atoms with E-state index in [2.05, 4.69) is 332 Å². The van der Waals surface area contributed by atoms with Crippen molar-refractivity contribution in [2.75, 3.05) is 4.90 Å². The fourth-order valence-electron chi connectivity index (χ4n) is 17.2. The molecule has 18 rings (SSSR count). The number of anilines is 3. The standard InChI is InChI=1S/C88H65N/c1-85(2)77-34-20-17-31-65(77)69-43-39-58(49-82(69)85)89(59-40-44-70-66-32-18-21-35-78(66)86(3,4)83(70)50-59)60-41-45-71-68-42-37-55(48-81(68)87(5,6)84(71)51-60)73-53-75-63-29-15-13-27-61(63)72(52-74(75)64-30-16-14-28-62(64)73)54-38-46-80-76(47-54)67-33-19-22-36-79(67)88(80,56-23-9-7-10-24-56)57-25-11-8-12-26-57/h7-53H,1-6H3. The average Bonchev–Trinajstić information content (AvgIpc) is 1.83. The second-order valence-corrected chi connectivity index (χ2v) is 27.1. The maximum atomic E-state index is 2.53. The summed E-state index contributed by atoms with van der Waals surface area (Å²) >= 11 is 0. The van der Waals surface area contributed by atoms with Gasteiger partial charge in [-0.25, -0.2) is 0 Å². The van der Waals surface area contributed by atoms with Gasteiger partial charge in [0, 0.05) is 33.3 Å². The van der Waals surface area contributed by atoms with E-state index in [4.69, 9.17) is 0 Å². The van der Waals surface area contributed by atoms with Crippen molar-refractivity contribution in [2.24, 2.45) is 0 Å². The Balaban J connectivity index is 0.759. The first-order chi connectivity index (χ1) is 43.4. The molecule has 0 unspecified atom stereocenters. The summed E-state index contributed by atoms with van der Waals surface area (Å²) in [6.45, 7) is 14.4. The highest BCUT2D eigenvalue weighted by molar-refractivity contribution is 6.24. The van der Waals surface area contributed by atoms with Gasteiger partial charge in [0.25, 0.3) is 0 Å². The van der Waals surface area contributed by atoms with Gasteiger partial charge in [0.15, 0.2) is 0 Å². The predicted octanol–water partition coefficient (Wildman–Crippen LogP) is 23.2. The maximum Gasteiger partial charge on any atom is 0.0713 e. The summed E-state index contributed by atoms with van der Waals surface area (Å²) in [7, 11) is 0. The summed E-state index contributed by atoms with van der Waals surface area (Å²) in [5.74, 6) is 0. The number of rotatable bonds is 7. The first-order valence-corrected chi connectivity index (χ1v) is 31.7. The van der Waals surface area contributed by atoms with Gasteiger partial charge >= 0.3 is 0 Å². The van der Waals surface area contributed by atoms with Gasteiger partial charge in [0.1, 0.15) is 0 Å². The molecule has 0 saturated carbocycles. The van der Waals surface area contributed by atoms with Gasteiger partial charge in [-0.1, -0.05) is 266 Å². The quantitative estimate of drug-likeness (QED) is 0.144. The van der Waals surface area contributed by atoms with E-state index in [0.717, 1.165) is 5.69 Å². The minimum absolute atomic E-state index is 0.140. The van der Waals surface area contributed by atoms with E-state index in [1.54, 1.807) is 0 Å². The van der Waals surface area contributed by atoms with Crippen LogP contribution in [-0.4, -0.2) is 0 Å². The molecule has 0 radical (unpaired) electrons. The van der Waals surface area contributed by atoms with Crippen LogP contribution in [0.5, 0.6) is 0 Å². The molecular formula is C88H65N. The van der Waals surface area contributed by atoms with Crippen molar-refractivity contribution in [1.29, 1.82) is 0 Å². The molecule has 0 fully saturated rings. The molecule has 1 nitrogen and oxygen atoms in total. The first-order valence-electron chi connectivity index (χ1n) is 31.7. The molecule has 0 amide bonds. The third-order valence-electron chi connectivity index (χ3n) is 21.5. The normalized spacial score (nSPS) is 15.2. The van der Waals surface area contributed by atoms with Gasteiger partial charge < -0.3 is 4.90 Å².